The fourth-order valence-corrected chi connectivity index (χ4v) is 3.42. The second kappa shape index (κ2) is 7.93. The normalized spacial score (nSPS) is 15.0. The van der Waals surface area contributed by atoms with Gasteiger partial charge in [-0.25, -0.2) is 0 Å². The average molecular weight is 269 g/mol. The van der Waals surface area contributed by atoms with Gasteiger partial charge in [0.25, 0.3) is 0 Å². The van der Waals surface area contributed by atoms with Crippen molar-refractivity contribution in [3.05, 3.63) is 21.9 Å². The molecule has 18 heavy (non-hydrogen) atoms. The molecule has 0 radical (unpaired) electrons. The van der Waals surface area contributed by atoms with Crippen molar-refractivity contribution in [1.82, 2.24) is 5.32 Å². The molecule has 1 rings (SSSR count). The van der Waals surface area contributed by atoms with E-state index >= 15 is 0 Å². The van der Waals surface area contributed by atoms with Gasteiger partial charge in [-0.1, -0.05) is 27.7 Å². The zero-order valence-electron chi connectivity index (χ0n) is 12.3. The number of hydrogen-bond donors (Lipinski definition) is 1. The zero-order chi connectivity index (χ0) is 13.5. The van der Waals surface area contributed by atoms with E-state index < -0.39 is 0 Å². The van der Waals surface area contributed by atoms with E-state index in [1.54, 1.807) is 0 Å². The van der Waals surface area contributed by atoms with Crippen LogP contribution in [0.2, 0.25) is 0 Å². The van der Waals surface area contributed by atoms with Crippen molar-refractivity contribution in [3.8, 4) is 0 Å². The van der Waals surface area contributed by atoms with Crippen molar-refractivity contribution in [1.29, 1.82) is 0 Å². The topological polar surface area (TPSA) is 21.3 Å². The van der Waals surface area contributed by atoms with E-state index in [0.717, 1.165) is 19.4 Å². The molecule has 0 aliphatic carbocycles. The predicted octanol–water partition coefficient (Wildman–Crippen LogP) is 3.50. The average Bonchev–Trinajstić information content (AvgIpc) is 2.77. The summed E-state index contributed by atoms with van der Waals surface area (Å²) >= 11 is 1.93. The third-order valence-corrected chi connectivity index (χ3v) is 4.53. The van der Waals surface area contributed by atoms with Gasteiger partial charge in [-0.3, -0.25) is 0 Å². The molecule has 0 amide bonds. The Kier molecular flexibility index (Phi) is 6.90. The van der Waals surface area contributed by atoms with Gasteiger partial charge >= 0.3 is 0 Å². The monoisotopic (exact) mass is 269 g/mol. The molecule has 3 heteroatoms. The summed E-state index contributed by atoms with van der Waals surface area (Å²) in [5, 5.41) is 3.57. The lowest BCUT2D eigenvalue weighted by atomic mass is 9.96. The van der Waals surface area contributed by atoms with Crippen molar-refractivity contribution >= 4 is 11.3 Å². The van der Waals surface area contributed by atoms with E-state index in [1.165, 1.54) is 9.75 Å². The smallest absolute Gasteiger partial charge is 0.0750 e. The molecule has 0 bridgehead atoms. The van der Waals surface area contributed by atoms with Gasteiger partial charge in [0.2, 0.25) is 0 Å². The molecule has 2 unspecified atom stereocenters. The third kappa shape index (κ3) is 4.38. The van der Waals surface area contributed by atoms with Gasteiger partial charge < -0.3 is 10.1 Å². The Bertz CT molecular complexity index is 335. The molecule has 0 saturated heterocycles. The standard InChI is InChI=1S/C15H27NOS/c1-6-12-8-9-13(18-12)10-14(16-7-2)15(17-5)11(3)4/h8-9,11,14-16H,6-7,10H2,1-5H3. The maximum Gasteiger partial charge on any atom is 0.0750 e. The van der Waals surface area contributed by atoms with Crippen LogP contribution in [0.1, 0.15) is 37.4 Å². The minimum atomic E-state index is 0.275. The first-order valence-corrected chi connectivity index (χ1v) is 7.77. The first-order valence-electron chi connectivity index (χ1n) is 6.96. The largest absolute Gasteiger partial charge is 0.380 e. The highest BCUT2D eigenvalue weighted by molar-refractivity contribution is 7.11. The summed E-state index contributed by atoms with van der Waals surface area (Å²) in [5.41, 5.74) is 0. The molecule has 1 aromatic heterocycles. The fraction of sp³-hybridized carbons (Fsp3) is 0.733. The highest BCUT2D eigenvalue weighted by Crippen LogP contribution is 2.21. The number of thiophene rings is 1. The lowest BCUT2D eigenvalue weighted by Crippen LogP contribution is -2.45. The van der Waals surface area contributed by atoms with E-state index in [-0.39, 0.29) is 6.10 Å². The Morgan fingerprint density at radius 1 is 1.22 bits per heavy atom. The summed E-state index contributed by atoms with van der Waals surface area (Å²) in [6.07, 6.45) is 2.47. The van der Waals surface area contributed by atoms with E-state index in [1.807, 2.05) is 18.4 Å². The molecule has 0 aliphatic heterocycles. The van der Waals surface area contributed by atoms with E-state index in [9.17, 15) is 0 Å². The molecule has 2 atom stereocenters. The van der Waals surface area contributed by atoms with Crippen LogP contribution in [-0.2, 0) is 17.6 Å². The van der Waals surface area contributed by atoms with Gasteiger partial charge in [0.05, 0.1) is 6.10 Å². The number of hydrogen-bond acceptors (Lipinski definition) is 3. The van der Waals surface area contributed by atoms with Crippen molar-refractivity contribution in [2.45, 2.75) is 52.7 Å². The molecule has 104 valence electrons. The predicted molar refractivity (Wildman–Crippen MR) is 80.5 cm³/mol. The maximum absolute atomic E-state index is 5.67. The summed E-state index contributed by atoms with van der Waals surface area (Å²) in [6.45, 7) is 9.81. The Morgan fingerprint density at radius 3 is 2.33 bits per heavy atom. The van der Waals surface area contributed by atoms with Crippen molar-refractivity contribution in [2.24, 2.45) is 5.92 Å². The van der Waals surface area contributed by atoms with Crippen LogP contribution >= 0.6 is 11.3 Å². The molecule has 0 aromatic carbocycles. The summed E-state index contributed by atoms with van der Waals surface area (Å²) < 4.78 is 5.67. The van der Waals surface area contributed by atoms with Crippen LogP contribution in [0.3, 0.4) is 0 Å². The lowest BCUT2D eigenvalue weighted by Gasteiger charge is -2.29. The molecule has 1 aromatic rings. The third-order valence-electron chi connectivity index (χ3n) is 3.28. The SMILES string of the molecule is CCNC(Cc1ccc(CC)s1)C(OC)C(C)C. The number of rotatable bonds is 8. The molecule has 1 N–H and O–H groups in total. The summed E-state index contributed by atoms with van der Waals surface area (Å²) in [4.78, 5) is 2.93. The molecule has 0 aliphatic rings. The first-order chi connectivity index (χ1) is 8.62. The fourth-order valence-electron chi connectivity index (χ4n) is 2.41. The van der Waals surface area contributed by atoms with Crippen molar-refractivity contribution in [3.63, 3.8) is 0 Å². The molecule has 2 nitrogen and oxygen atoms in total. The van der Waals surface area contributed by atoms with E-state index in [2.05, 4.69) is 45.1 Å². The minimum absolute atomic E-state index is 0.275. The molecule has 0 fully saturated rings. The molecule has 0 saturated carbocycles. The van der Waals surface area contributed by atoms with E-state index in [4.69, 9.17) is 4.74 Å². The van der Waals surface area contributed by atoms with Crippen LogP contribution in [0.4, 0.5) is 0 Å². The van der Waals surface area contributed by atoms with Gasteiger partial charge in [-0.15, -0.1) is 11.3 Å². The van der Waals surface area contributed by atoms with E-state index in [0.29, 0.717) is 12.0 Å². The number of nitrogens with one attached hydrogen (secondary N) is 1. The van der Waals surface area contributed by atoms with Gasteiger partial charge in [-0.2, -0.15) is 0 Å². The summed E-state index contributed by atoms with van der Waals surface area (Å²) in [6, 6.07) is 4.92. The highest BCUT2D eigenvalue weighted by Gasteiger charge is 2.24. The zero-order valence-corrected chi connectivity index (χ0v) is 13.1. The Hall–Kier alpha value is -0.380. The molecular weight excluding hydrogens is 242 g/mol. The quantitative estimate of drug-likeness (QED) is 0.780. The van der Waals surface area contributed by atoms with Crippen LogP contribution < -0.4 is 5.32 Å². The number of likely N-dealkylation sites (N-methyl/N-ethyl adjacent to an activating group) is 1. The Morgan fingerprint density at radius 2 is 1.89 bits per heavy atom. The minimum Gasteiger partial charge on any atom is -0.380 e. The second-order valence-corrected chi connectivity index (χ2v) is 6.29. The van der Waals surface area contributed by atoms with Crippen molar-refractivity contribution < 1.29 is 4.74 Å². The van der Waals surface area contributed by atoms with Crippen LogP contribution in [0.25, 0.3) is 0 Å². The van der Waals surface area contributed by atoms with Gasteiger partial charge in [0.1, 0.15) is 0 Å². The Balaban J connectivity index is 2.72. The van der Waals surface area contributed by atoms with Crippen LogP contribution in [0.15, 0.2) is 12.1 Å². The van der Waals surface area contributed by atoms with Crippen LogP contribution in [-0.4, -0.2) is 25.8 Å². The number of methoxy groups -OCH3 is 1. The number of aryl methyl sites for hydroxylation is 1. The van der Waals surface area contributed by atoms with Gasteiger partial charge in [0, 0.05) is 22.9 Å². The molecule has 0 spiro atoms. The maximum atomic E-state index is 5.67. The highest BCUT2D eigenvalue weighted by atomic mass is 32.1. The van der Waals surface area contributed by atoms with Crippen LogP contribution in [0.5, 0.6) is 0 Å². The molecule has 1 heterocycles. The Labute approximate surface area is 116 Å². The van der Waals surface area contributed by atoms with Gasteiger partial charge in [-0.05, 0) is 37.4 Å². The summed E-state index contributed by atoms with van der Waals surface area (Å²) in [7, 11) is 1.82. The van der Waals surface area contributed by atoms with Crippen LogP contribution in [0, 0.1) is 5.92 Å². The summed E-state index contributed by atoms with van der Waals surface area (Å²) in [5.74, 6) is 0.532. The molecular formula is C15H27NOS. The van der Waals surface area contributed by atoms with Gasteiger partial charge in [0.15, 0.2) is 0 Å². The van der Waals surface area contributed by atoms with Crippen molar-refractivity contribution in [2.75, 3.05) is 13.7 Å². The number of ether oxygens (including phenoxy) is 1. The second-order valence-electron chi connectivity index (χ2n) is 5.03. The first kappa shape index (κ1) is 15.7. The lowest BCUT2D eigenvalue weighted by molar-refractivity contribution is 0.0339.